The van der Waals surface area contributed by atoms with E-state index in [-0.39, 0.29) is 74.6 Å². The number of hydrogen-bond donors (Lipinski definition) is 14. The number of nitrogens with one attached hydrogen (secondary N) is 2. The summed E-state index contributed by atoms with van der Waals surface area (Å²) in [5.74, 6) is 8.41. The number of amides is 2. The number of aryl methyl sites for hydroxylation is 3. The standard InChI is InChI=1S/C18H26N2O7.C11H14NO3.C10H14NO2.C8H15NO6.C7H9F3O3S.C5H5NO3.C4H3NO3.CH4O.Al.Li.H2O4S.4H/c1-3-4-5-6-8-20-9-7-13(27-20)11-25-18-15(19-12(2)22)17(24)16(23)14(10-21)26-18;1-3-4-5-6-8-12-9-7-10(15-12)11(13)14-2;1-2-3-4-5-7-11-8-6-10(9-12)13-11;1-3(11)9-5-7(13)6(12)4(2-10)15-8(5)14;1-2-3-4-5-6-13-14(11,12)7(8,9)10;1-8-5(7)4-2-3-6-9-4;6-4(7)3-1-2-5-8-3;1-2;;;1-5(2,3)4;;;;/h1,7,9,14-18,21,23-24H,4-6,8,10-11H2,2H3;1,7,9H,4-6,8H2,2H3;1,6,8,12H,3-5,7,9H2;4-8,10,12-14H,2H2,1H3,(H,9,11);1H,3-6H2;2-3H,1H3;1-2H,(H,6,7);2H,1H3;;;(H2,1,2,3,4);;;;/q;2*+1;;;;;;;+1;;;;;-1/p+1/t14?,15?,16-,17-,18-;;;4?,5?,6-,7-,8-;;;;;;;;;;;/m1..1.........../s1. The van der Waals surface area contributed by atoms with Crippen LogP contribution in [-0.2, 0) is 90.8 Å². The molecule has 46 heteroatoms. The summed E-state index contributed by atoms with van der Waals surface area (Å²) in [6.45, 7) is 3.19. The Bertz CT molecular complexity index is 3710. The summed E-state index contributed by atoms with van der Waals surface area (Å²) in [5.41, 5.74) is -5.35. The predicted octanol–water partition coefficient (Wildman–Crippen LogP) is -4.85. The van der Waals surface area contributed by atoms with E-state index >= 15 is 0 Å². The van der Waals surface area contributed by atoms with Crippen molar-refractivity contribution in [3.8, 4) is 49.4 Å². The number of unbranched alkanes of at least 4 members (excludes halogenated alkanes) is 8. The van der Waals surface area contributed by atoms with Gasteiger partial charge < -0.3 is 95.9 Å². The summed E-state index contributed by atoms with van der Waals surface area (Å²) in [4.78, 5) is 53.6. The molecule has 0 radical (unpaired) electrons. The molecule has 614 valence electrons. The average molecular weight is 1630 g/mol. The van der Waals surface area contributed by atoms with Crippen molar-refractivity contribution in [2.45, 2.75) is 191 Å². The van der Waals surface area contributed by atoms with E-state index < -0.39 is 137 Å². The molecular weight excluding hydrogens is 1530 g/mol. The number of halogens is 3. The summed E-state index contributed by atoms with van der Waals surface area (Å²) in [7, 11) is -6.50. The second-order valence-electron chi connectivity index (χ2n) is 21.2. The Hall–Kier alpha value is -8.14. The van der Waals surface area contributed by atoms with E-state index in [0.717, 1.165) is 78.0 Å². The van der Waals surface area contributed by atoms with E-state index in [1.807, 2.05) is 6.20 Å². The maximum atomic E-state index is 11.7. The van der Waals surface area contributed by atoms with Crippen LogP contribution in [0.1, 0.15) is 136 Å². The van der Waals surface area contributed by atoms with E-state index in [1.165, 1.54) is 52.6 Å². The number of aromatic nitrogens is 5. The molecule has 39 nitrogen and oxygen atoms in total. The zero-order chi connectivity index (χ0) is 82.4. The second kappa shape index (κ2) is 61.5. The number of alkyl halides is 3. The molecule has 110 heavy (non-hydrogen) atoms. The van der Waals surface area contributed by atoms with Gasteiger partial charge in [-0.1, -0.05) is 10.3 Å². The Labute approximate surface area is 655 Å². The van der Waals surface area contributed by atoms with Crippen LogP contribution in [0.3, 0.4) is 0 Å². The van der Waals surface area contributed by atoms with Crippen LogP contribution in [0.15, 0.2) is 83.9 Å². The minimum atomic E-state index is -5.44. The largest absolute Gasteiger partial charge is 1.00 e. The van der Waals surface area contributed by atoms with Crippen LogP contribution in [0.25, 0.3) is 0 Å². The predicted molar refractivity (Wildman–Crippen MR) is 368 cm³/mol. The molecule has 4 unspecified atom stereocenters. The monoisotopic (exact) mass is 1630 g/mol. The van der Waals surface area contributed by atoms with Gasteiger partial charge in [0.05, 0.1) is 64.6 Å². The molecule has 0 spiro atoms. The molecule has 2 amide bonds. The smallest absolute Gasteiger partial charge is 1.00 e. The number of aliphatic hydroxyl groups is 9. The van der Waals surface area contributed by atoms with Crippen molar-refractivity contribution in [3.63, 3.8) is 0 Å². The van der Waals surface area contributed by atoms with Crippen LogP contribution in [0, 0.1) is 49.4 Å². The molecule has 5 aromatic rings. The second-order valence-corrected chi connectivity index (χ2v) is 23.7. The molecule has 2 fully saturated rings. The molecule has 2 aliphatic heterocycles. The molecule has 0 bridgehead atoms. The average Bonchev–Trinajstić information content (AvgIpc) is 1.36. The number of carboxylic acids is 1. The fraction of sp³-hybridized carbons (Fsp3) is 0.562. The van der Waals surface area contributed by atoms with Gasteiger partial charge in [-0.3, -0.25) is 22.9 Å². The molecule has 0 aromatic carbocycles. The SMILES string of the molecule is C#CCCCCOS(=O)(=O)C(F)(F)F.C#CCCCC[n+]1ccc(C(=O)OC)o1.C#CCCCC[n+]1ccc(CO)o1.C#CCCCC[n+]1ccc(CO[C@@H]2OC(CO)[C@@H](O)[C@H](O)C2NC(C)=O)o1.CC(=O)NC1[C@H](O)OC(CO)[C@@H](O)[C@@H]1O.CO.COC(=O)c1ccno1.O=C(O)c1ccno1.O=S(=O)(O)O.[AlH3].[H-].[Li+]. The zero-order valence-corrected chi connectivity index (χ0v) is 61.8. The molecule has 7 rings (SSSR count). The third-order valence-corrected chi connectivity index (χ3v) is 14.0. The van der Waals surface area contributed by atoms with Crippen molar-refractivity contribution in [1.29, 1.82) is 0 Å². The first kappa shape index (κ1) is 108. The van der Waals surface area contributed by atoms with Gasteiger partial charge in [-0.2, -0.15) is 30.0 Å². The Balaban J connectivity index is -0.000000398. The van der Waals surface area contributed by atoms with E-state index in [9.17, 15) is 76.2 Å². The van der Waals surface area contributed by atoms with Crippen LogP contribution >= 0.6 is 0 Å². The van der Waals surface area contributed by atoms with Crippen LogP contribution in [0.5, 0.6) is 0 Å². The first-order valence-electron chi connectivity index (χ1n) is 31.8. The molecule has 5 aromatic heterocycles. The number of carbonyl (C=O) groups excluding carboxylic acids is 4. The minimum Gasteiger partial charge on any atom is -1.00 e. The number of carboxylic acid groups (broad SMARTS) is 1. The van der Waals surface area contributed by atoms with Gasteiger partial charge in [0.2, 0.25) is 53.4 Å². The normalized spacial score (nSPS) is 18.5. The third-order valence-electron chi connectivity index (χ3n) is 12.9. The van der Waals surface area contributed by atoms with E-state index in [2.05, 4.69) is 67.3 Å². The van der Waals surface area contributed by atoms with Crippen molar-refractivity contribution in [2.75, 3.05) is 41.2 Å². The number of terminal acetylenes is 4. The third kappa shape index (κ3) is 47.8. The molecule has 10 atom stereocenters. The fourth-order valence-electron chi connectivity index (χ4n) is 7.88. The minimum absolute atomic E-state index is 0. The Kier molecular flexibility index (Phi) is 60.5. The summed E-state index contributed by atoms with van der Waals surface area (Å²) in [6.07, 6.45) is 27.3. The van der Waals surface area contributed by atoms with E-state index in [4.69, 9.17) is 91.4 Å². The first-order chi connectivity index (χ1) is 51.0. The van der Waals surface area contributed by atoms with Gasteiger partial charge in [0.25, 0.3) is 5.76 Å². The summed E-state index contributed by atoms with van der Waals surface area (Å²) < 4.78 is 145. The number of methoxy groups -OCH3 is 2. The zero-order valence-electron chi connectivity index (χ0n) is 61.2. The quantitative estimate of drug-likeness (QED) is 0.00326. The molecule has 7 heterocycles. The number of aromatic carboxylic acids is 1. The molecular formula is C64H97AlF3LiN7O32S2+3. The van der Waals surface area contributed by atoms with Crippen LogP contribution in [0.4, 0.5) is 13.2 Å². The van der Waals surface area contributed by atoms with Crippen molar-refractivity contribution < 1.29 is 199 Å². The van der Waals surface area contributed by atoms with Gasteiger partial charge in [-0.05, 0) is 46.3 Å². The number of rotatable bonds is 28. The van der Waals surface area contributed by atoms with Gasteiger partial charge >= 0.3 is 62.8 Å². The first-order valence-corrected chi connectivity index (χ1v) is 34.6. The van der Waals surface area contributed by atoms with E-state index in [1.54, 1.807) is 44.8 Å². The van der Waals surface area contributed by atoms with Crippen LogP contribution in [0.2, 0.25) is 0 Å². The van der Waals surface area contributed by atoms with Gasteiger partial charge in [-0.15, -0.1) is 49.4 Å². The number of aliphatic hydroxyl groups excluding tert-OH is 9. The van der Waals surface area contributed by atoms with Crippen molar-refractivity contribution in [3.05, 3.63) is 90.1 Å². The topological polar surface area (TPSA) is 579 Å². The van der Waals surface area contributed by atoms with Crippen molar-refractivity contribution >= 4 is 67.6 Å². The number of carbonyl (C=O) groups is 5. The van der Waals surface area contributed by atoms with E-state index in [0.29, 0.717) is 30.9 Å². The van der Waals surface area contributed by atoms with Gasteiger partial charge in [0.15, 0.2) is 49.6 Å². The van der Waals surface area contributed by atoms with Gasteiger partial charge in [0.1, 0.15) is 61.9 Å². The molecule has 14 N–H and O–H groups in total. The number of nitrogens with zero attached hydrogens (tertiary/aromatic N) is 5. The Morgan fingerprint density at radius 2 is 0.982 bits per heavy atom. The fourth-order valence-corrected chi connectivity index (χ4v) is 8.35. The maximum absolute atomic E-state index is 11.7. The summed E-state index contributed by atoms with van der Waals surface area (Å²) in [6, 6.07) is 5.74. The molecule has 0 saturated carbocycles. The van der Waals surface area contributed by atoms with Crippen LogP contribution < -0.4 is 43.7 Å². The molecule has 2 saturated heterocycles. The van der Waals surface area contributed by atoms with Crippen molar-refractivity contribution in [1.82, 2.24) is 20.9 Å². The number of esters is 2. The van der Waals surface area contributed by atoms with Crippen LogP contribution in [-0.4, -0.2) is 242 Å². The summed E-state index contributed by atoms with van der Waals surface area (Å²) in [5, 5.41) is 102. The van der Waals surface area contributed by atoms with Gasteiger partial charge in [-0.25, -0.2) is 28.0 Å². The number of ether oxygens (including phenoxy) is 5. The number of hydrogen-bond acceptors (Lipinski definition) is 31. The van der Waals surface area contributed by atoms with Gasteiger partial charge in [0, 0.05) is 78.0 Å². The molecule has 0 aliphatic carbocycles. The Morgan fingerprint density at radius 1 is 0.591 bits per heavy atom. The Morgan fingerprint density at radius 3 is 1.36 bits per heavy atom. The summed E-state index contributed by atoms with van der Waals surface area (Å²) >= 11 is 0. The maximum Gasteiger partial charge on any atom is 1.00 e. The molecule has 2 aliphatic rings. The van der Waals surface area contributed by atoms with Crippen molar-refractivity contribution in [2.24, 2.45) is 0 Å².